The SMILES string of the molecule is O=C(c1cn(CCNC(=O)C23CC4CC(CC(C4)C2)C3)nn1)N1CCCC1. The Kier molecular flexibility index (Phi) is 4.20. The Morgan fingerprint density at radius 2 is 1.70 bits per heavy atom. The van der Waals surface area contributed by atoms with Crippen LogP contribution in [0.25, 0.3) is 0 Å². The maximum absolute atomic E-state index is 13.0. The molecule has 5 aliphatic rings. The lowest BCUT2D eigenvalue weighted by Gasteiger charge is -2.55. The maximum Gasteiger partial charge on any atom is 0.276 e. The molecule has 1 aromatic heterocycles. The number of nitrogens with one attached hydrogen (secondary N) is 1. The third-order valence-electron chi connectivity index (χ3n) is 7.30. The molecule has 5 fully saturated rings. The van der Waals surface area contributed by atoms with Crippen molar-refractivity contribution >= 4 is 11.8 Å². The van der Waals surface area contributed by atoms with Gasteiger partial charge in [-0.2, -0.15) is 0 Å². The molecular formula is C20H29N5O2. The maximum atomic E-state index is 13.0. The summed E-state index contributed by atoms with van der Waals surface area (Å²) in [6, 6.07) is 0. The number of hydrogen-bond acceptors (Lipinski definition) is 4. The van der Waals surface area contributed by atoms with Crippen molar-refractivity contribution in [3.8, 4) is 0 Å². The van der Waals surface area contributed by atoms with Gasteiger partial charge in [0, 0.05) is 25.0 Å². The van der Waals surface area contributed by atoms with Crippen LogP contribution in [-0.2, 0) is 11.3 Å². The molecule has 7 nitrogen and oxygen atoms in total. The van der Waals surface area contributed by atoms with Crippen LogP contribution in [0.2, 0.25) is 0 Å². The van der Waals surface area contributed by atoms with Crippen LogP contribution in [0.4, 0.5) is 0 Å². The highest BCUT2D eigenvalue weighted by atomic mass is 16.2. The highest BCUT2D eigenvalue weighted by Crippen LogP contribution is 2.60. The second-order valence-electron chi connectivity index (χ2n) is 9.32. The zero-order chi connectivity index (χ0) is 18.4. The lowest BCUT2D eigenvalue weighted by atomic mass is 9.49. The minimum Gasteiger partial charge on any atom is -0.354 e. The van der Waals surface area contributed by atoms with Gasteiger partial charge >= 0.3 is 0 Å². The Morgan fingerprint density at radius 1 is 1.07 bits per heavy atom. The third-order valence-corrected chi connectivity index (χ3v) is 7.30. The van der Waals surface area contributed by atoms with Crippen LogP contribution in [0.15, 0.2) is 6.20 Å². The molecule has 146 valence electrons. The van der Waals surface area contributed by atoms with Crippen molar-refractivity contribution in [1.82, 2.24) is 25.2 Å². The summed E-state index contributed by atoms with van der Waals surface area (Å²) in [7, 11) is 0. The standard InChI is InChI=1S/C20H29N5O2/c26-18(24-4-1-2-5-24)17-13-25(23-22-17)6-3-21-19(27)20-10-14-7-15(11-20)9-16(8-14)12-20/h13-16H,1-12H2,(H,21,27). The smallest absolute Gasteiger partial charge is 0.276 e. The van der Waals surface area contributed by atoms with Gasteiger partial charge in [0.15, 0.2) is 5.69 Å². The first kappa shape index (κ1) is 17.2. The van der Waals surface area contributed by atoms with Crippen molar-refractivity contribution in [3.63, 3.8) is 0 Å². The lowest BCUT2D eigenvalue weighted by Crippen LogP contribution is -2.53. The van der Waals surface area contributed by atoms with E-state index in [-0.39, 0.29) is 17.2 Å². The number of carbonyl (C=O) groups is 2. The van der Waals surface area contributed by atoms with Crippen LogP contribution in [0.1, 0.15) is 61.9 Å². The predicted molar refractivity (Wildman–Crippen MR) is 98.8 cm³/mol. The van der Waals surface area contributed by atoms with Crippen molar-refractivity contribution in [2.24, 2.45) is 23.2 Å². The largest absolute Gasteiger partial charge is 0.354 e. The van der Waals surface area contributed by atoms with Gasteiger partial charge in [-0.05, 0) is 69.1 Å². The molecule has 4 saturated carbocycles. The Labute approximate surface area is 159 Å². The Balaban J connectivity index is 1.15. The zero-order valence-corrected chi connectivity index (χ0v) is 15.9. The summed E-state index contributed by atoms with van der Waals surface area (Å²) in [4.78, 5) is 27.1. The normalized spacial score (nSPS) is 34.2. The summed E-state index contributed by atoms with van der Waals surface area (Å²) in [6.45, 7) is 2.72. The van der Waals surface area contributed by atoms with Crippen LogP contribution in [0, 0.1) is 23.2 Å². The first-order valence-electron chi connectivity index (χ1n) is 10.6. The van der Waals surface area contributed by atoms with E-state index >= 15 is 0 Å². The monoisotopic (exact) mass is 371 g/mol. The molecule has 1 aromatic rings. The Bertz CT molecular complexity index is 701. The molecule has 0 aromatic carbocycles. The molecule has 2 heterocycles. The number of nitrogens with zero attached hydrogens (tertiary/aromatic N) is 4. The number of rotatable bonds is 5. The molecule has 1 saturated heterocycles. The van der Waals surface area contributed by atoms with E-state index < -0.39 is 0 Å². The van der Waals surface area contributed by atoms with Gasteiger partial charge in [0.1, 0.15) is 0 Å². The molecule has 0 atom stereocenters. The summed E-state index contributed by atoms with van der Waals surface area (Å²) in [5.74, 6) is 2.54. The van der Waals surface area contributed by atoms with Crippen molar-refractivity contribution in [2.75, 3.05) is 19.6 Å². The van der Waals surface area contributed by atoms with E-state index in [1.165, 1.54) is 19.3 Å². The topological polar surface area (TPSA) is 80.1 Å². The van der Waals surface area contributed by atoms with Crippen LogP contribution < -0.4 is 5.32 Å². The fraction of sp³-hybridized carbons (Fsp3) is 0.800. The molecule has 7 heteroatoms. The Morgan fingerprint density at radius 3 is 2.33 bits per heavy atom. The summed E-state index contributed by atoms with van der Waals surface area (Å²) in [5, 5.41) is 11.2. The first-order valence-corrected chi connectivity index (χ1v) is 10.6. The van der Waals surface area contributed by atoms with Gasteiger partial charge < -0.3 is 10.2 Å². The number of aromatic nitrogens is 3. The van der Waals surface area contributed by atoms with E-state index in [1.54, 1.807) is 10.9 Å². The van der Waals surface area contributed by atoms with E-state index in [4.69, 9.17) is 0 Å². The molecule has 0 spiro atoms. The molecule has 0 radical (unpaired) electrons. The van der Waals surface area contributed by atoms with Crippen LogP contribution in [0.5, 0.6) is 0 Å². The molecular weight excluding hydrogens is 342 g/mol. The quantitative estimate of drug-likeness (QED) is 0.857. The molecule has 0 unspecified atom stereocenters. The molecule has 6 rings (SSSR count). The average molecular weight is 371 g/mol. The fourth-order valence-electron chi connectivity index (χ4n) is 6.45. The highest BCUT2D eigenvalue weighted by Gasteiger charge is 2.54. The van der Waals surface area contributed by atoms with Gasteiger partial charge in [-0.15, -0.1) is 5.10 Å². The van der Waals surface area contributed by atoms with Crippen molar-refractivity contribution in [3.05, 3.63) is 11.9 Å². The van der Waals surface area contributed by atoms with Crippen LogP contribution in [0.3, 0.4) is 0 Å². The number of carbonyl (C=O) groups excluding carboxylic acids is 2. The average Bonchev–Trinajstić information content (AvgIpc) is 3.32. The highest BCUT2D eigenvalue weighted by molar-refractivity contribution is 5.92. The van der Waals surface area contributed by atoms with Crippen LogP contribution in [-0.4, -0.2) is 51.3 Å². The molecule has 4 aliphatic carbocycles. The minimum absolute atomic E-state index is 0.0312. The van der Waals surface area contributed by atoms with E-state index in [9.17, 15) is 9.59 Å². The van der Waals surface area contributed by atoms with E-state index in [0.717, 1.165) is 62.9 Å². The molecule has 27 heavy (non-hydrogen) atoms. The van der Waals surface area contributed by atoms with Gasteiger partial charge in [0.2, 0.25) is 5.91 Å². The first-order chi connectivity index (χ1) is 13.1. The van der Waals surface area contributed by atoms with Gasteiger partial charge in [-0.25, -0.2) is 4.68 Å². The van der Waals surface area contributed by atoms with E-state index in [1.807, 2.05) is 4.90 Å². The molecule has 1 N–H and O–H groups in total. The summed E-state index contributed by atoms with van der Waals surface area (Å²) >= 11 is 0. The minimum atomic E-state index is -0.103. The van der Waals surface area contributed by atoms with Crippen LogP contribution >= 0.6 is 0 Å². The van der Waals surface area contributed by atoms with Crippen molar-refractivity contribution < 1.29 is 9.59 Å². The van der Waals surface area contributed by atoms with E-state index in [2.05, 4.69) is 15.6 Å². The third kappa shape index (κ3) is 3.15. The lowest BCUT2D eigenvalue weighted by molar-refractivity contribution is -0.146. The molecule has 1 aliphatic heterocycles. The fourth-order valence-corrected chi connectivity index (χ4v) is 6.45. The Hall–Kier alpha value is -1.92. The zero-order valence-electron chi connectivity index (χ0n) is 15.9. The van der Waals surface area contributed by atoms with Gasteiger partial charge in [0.05, 0.1) is 12.7 Å². The van der Waals surface area contributed by atoms with Crippen molar-refractivity contribution in [1.29, 1.82) is 0 Å². The van der Waals surface area contributed by atoms with Crippen molar-refractivity contribution in [2.45, 2.75) is 57.9 Å². The second-order valence-corrected chi connectivity index (χ2v) is 9.32. The van der Waals surface area contributed by atoms with Gasteiger partial charge in [-0.3, -0.25) is 9.59 Å². The molecule has 4 bridgehead atoms. The number of hydrogen-bond donors (Lipinski definition) is 1. The number of amides is 2. The predicted octanol–water partition coefficient (Wildman–Crippen LogP) is 1.85. The molecule has 2 amide bonds. The number of likely N-dealkylation sites (tertiary alicyclic amines) is 1. The summed E-state index contributed by atoms with van der Waals surface area (Å²) < 4.78 is 1.67. The second kappa shape index (κ2) is 6.60. The summed E-state index contributed by atoms with van der Waals surface area (Å²) in [5.41, 5.74) is 0.304. The van der Waals surface area contributed by atoms with Gasteiger partial charge in [-0.1, -0.05) is 5.21 Å². The van der Waals surface area contributed by atoms with E-state index in [0.29, 0.717) is 18.8 Å². The van der Waals surface area contributed by atoms with Gasteiger partial charge in [0.25, 0.3) is 5.91 Å². The summed E-state index contributed by atoms with van der Waals surface area (Å²) in [6.07, 6.45) is 11.1.